The smallest absolute Gasteiger partial charge is 0.407 e. The normalized spacial score (nSPS) is 16.4. The topological polar surface area (TPSA) is 113 Å². The predicted molar refractivity (Wildman–Crippen MR) is 128 cm³/mol. The highest BCUT2D eigenvalue weighted by Gasteiger charge is 2.24. The highest BCUT2D eigenvalue weighted by Crippen LogP contribution is 2.26. The van der Waals surface area contributed by atoms with E-state index in [1.54, 1.807) is 24.4 Å². The van der Waals surface area contributed by atoms with Crippen molar-refractivity contribution in [2.24, 2.45) is 0 Å². The zero-order chi connectivity index (χ0) is 24.2. The van der Waals surface area contributed by atoms with Gasteiger partial charge >= 0.3 is 12.1 Å². The summed E-state index contributed by atoms with van der Waals surface area (Å²) in [6.45, 7) is 5.45. The van der Waals surface area contributed by atoms with Crippen LogP contribution in [0.4, 0.5) is 15.3 Å². The van der Waals surface area contributed by atoms with Crippen molar-refractivity contribution >= 4 is 41.0 Å². The minimum atomic E-state index is -0.938. The van der Waals surface area contributed by atoms with Gasteiger partial charge in [-0.15, -0.1) is 0 Å². The zero-order valence-electron chi connectivity index (χ0n) is 18.7. The summed E-state index contributed by atoms with van der Waals surface area (Å²) in [7, 11) is 0. The number of anilines is 1. The molecule has 10 heteroatoms. The Labute approximate surface area is 203 Å². The van der Waals surface area contributed by atoms with Crippen molar-refractivity contribution in [3.8, 4) is 0 Å². The van der Waals surface area contributed by atoms with E-state index >= 15 is 0 Å². The second-order valence-electron chi connectivity index (χ2n) is 8.94. The van der Waals surface area contributed by atoms with Crippen molar-refractivity contribution in [3.05, 3.63) is 57.3 Å². The summed E-state index contributed by atoms with van der Waals surface area (Å²) >= 11 is 11.9. The lowest BCUT2D eigenvalue weighted by Gasteiger charge is -2.27. The Morgan fingerprint density at radius 1 is 1.24 bits per heavy atom. The quantitative estimate of drug-likeness (QED) is 0.484. The molecule has 1 heterocycles. The molecular weight excluding hydrogens is 467 g/mol. The van der Waals surface area contributed by atoms with Gasteiger partial charge in [0.15, 0.2) is 0 Å². The van der Waals surface area contributed by atoms with Gasteiger partial charge in [0.25, 0.3) is 0 Å². The molecule has 4 N–H and O–H groups in total. The number of fused-ring (bicyclic) bond motifs is 1. The first-order valence-corrected chi connectivity index (χ1v) is 11.4. The third-order valence-corrected chi connectivity index (χ3v) is 5.76. The molecule has 0 saturated carbocycles. The van der Waals surface area contributed by atoms with E-state index in [2.05, 4.69) is 20.9 Å². The van der Waals surface area contributed by atoms with E-state index in [4.69, 9.17) is 27.9 Å². The molecule has 2 unspecified atom stereocenters. The highest BCUT2D eigenvalue weighted by atomic mass is 35.5. The molecule has 0 fully saturated rings. The number of ether oxygens (including phenoxy) is 1. The van der Waals surface area contributed by atoms with Crippen LogP contribution in [0.15, 0.2) is 30.5 Å². The summed E-state index contributed by atoms with van der Waals surface area (Å²) in [5.74, 6) is 0. The average Bonchev–Trinajstić information content (AvgIpc) is 2.72. The van der Waals surface area contributed by atoms with Crippen LogP contribution < -0.4 is 16.0 Å². The van der Waals surface area contributed by atoms with Crippen LogP contribution in [0.1, 0.15) is 50.1 Å². The Kier molecular flexibility index (Phi) is 8.05. The molecule has 1 aliphatic carbocycles. The third kappa shape index (κ3) is 7.48. The Morgan fingerprint density at radius 2 is 2.00 bits per heavy atom. The van der Waals surface area contributed by atoms with E-state index in [0.29, 0.717) is 27.7 Å². The lowest BCUT2D eigenvalue weighted by Crippen LogP contribution is -2.42. The van der Waals surface area contributed by atoms with Gasteiger partial charge in [-0.2, -0.15) is 0 Å². The van der Waals surface area contributed by atoms with Gasteiger partial charge in [-0.3, -0.25) is 4.98 Å². The largest absolute Gasteiger partial charge is 0.444 e. The Balaban J connectivity index is 1.53. The molecule has 2 aromatic rings. The molecule has 33 heavy (non-hydrogen) atoms. The number of aryl methyl sites for hydroxylation is 1. The summed E-state index contributed by atoms with van der Waals surface area (Å²) in [6.07, 6.45) is 2.28. The molecule has 8 nitrogen and oxygen atoms in total. The van der Waals surface area contributed by atoms with E-state index < -0.39 is 23.8 Å². The summed E-state index contributed by atoms with van der Waals surface area (Å²) in [5.41, 5.74) is 2.40. The number of halogens is 2. The molecule has 3 amide bonds. The molecular formula is C23H28Cl2N4O4. The number of nitrogens with one attached hydrogen (secondary N) is 3. The van der Waals surface area contributed by atoms with E-state index in [0.717, 1.165) is 24.1 Å². The van der Waals surface area contributed by atoms with Gasteiger partial charge in [0.1, 0.15) is 5.60 Å². The fourth-order valence-electron chi connectivity index (χ4n) is 3.49. The van der Waals surface area contributed by atoms with Crippen LogP contribution in [0, 0.1) is 0 Å². The van der Waals surface area contributed by atoms with Crippen LogP contribution >= 0.6 is 23.2 Å². The Hall–Kier alpha value is -2.55. The first-order chi connectivity index (χ1) is 15.5. The molecule has 0 spiro atoms. The number of benzene rings is 1. The first-order valence-electron chi connectivity index (χ1n) is 10.7. The van der Waals surface area contributed by atoms with Crippen molar-refractivity contribution in [3.63, 3.8) is 0 Å². The molecule has 1 aromatic carbocycles. The lowest BCUT2D eigenvalue weighted by atomic mass is 9.91. The van der Waals surface area contributed by atoms with Crippen LogP contribution in [-0.2, 0) is 17.6 Å². The number of pyridine rings is 1. The number of aromatic nitrogens is 1. The fraction of sp³-hybridized carbons (Fsp3) is 0.435. The number of aliphatic hydroxyl groups excluding tert-OH is 1. The fourth-order valence-corrected chi connectivity index (χ4v) is 3.79. The van der Waals surface area contributed by atoms with Gasteiger partial charge in [-0.05, 0) is 69.4 Å². The van der Waals surface area contributed by atoms with Crippen molar-refractivity contribution < 1.29 is 19.4 Å². The molecule has 0 bridgehead atoms. The number of aliphatic hydroxyl groups is 1. The van der Waals surface area contributed by atoms with E-state index in [1.165, 1.54) is 0 Å². The number of hydrogen-bond acceptors (Lipinski definition) is 5. The monoisotopic (exact) mass is 494 g/mol. The first kappa shape index (κ1) is 25.1. The number of amides is 3. The molecule has 1 aliphatic rings. The predicted octanol–water partition coefficient (Wildman–Crippen LogP) is 4.63. The summed E-state index contributed by atoms with van der Waals surface area (Å²) in [4.78, 5) is 28.8. The van der Waals surface area contributed by atoms with Gasteiger partial charge in [-0.1, -0.05) is 29.3 Å². The minimum Gasteiger partial charge on any atom is -0.444 e. The van der Waals surface area contributed by atoms with Crippen molar-refractivity contribution in [2.45, 2.75) is 57.8 Å². The number of carbonyl (C=O) groups is 2. The molecule has 2 atom stereocenters. The summed E-state index contributed by atoms with van der Waals surface area (Å²) in [5, 5.41) is 19.2. The number of nitrogens with zero attached hydrogens (tertiary/aromatic N) is 1. The molecule has 0 saturated heterocycles. The van der Waals surface area contributed by atoms with Crippen LogP contribution in [-0.4, -0.2) is 40.4 Å². The average molecular weight is 495 g/mol. The minimum absolute atomic E-state index is 0.00987. The van der Waals surface area contributed by atoms with Gasteiger partial charge in [0, 0.05) is 18.3 Å². The molecule has 3 rings (SSSR count). The molecule has 0 aliphatic heterocycles. The SMILES string of the molecule is CC(C)(C)OC(=O)NC1CCc2ncc(NC(=O)NCC(O)c3ccc(Cl)c(Cl)c3)cc2C1. The molecule has 0 radical (unpaired) electrons. The highest BCUT2D eigenvalue weighted by molar-refractivity contribution is 6.42. The van der Waals surface area contributed by atoms with E-state index in [1.807, 2.05) is 26.8 Å². The zero-order valence-corrected chi connectivity index (χ0v) is 20.3. The van der Waals surface area contributed by atoms with Crippen LogP contribution in [0.5, 0.6) is 0 Å². The van der Waals surface area contributed by atoms with Crippen LogP contribution in [0.3, 0.4) is 0 Å². The maximum Gasteiger partial charge on any atom is 0.407 e. The van der Waals surface area contributed by atoms with Gasteiger partial charge < -0.3 is 25.8 Å². The van der Waals surface area contributed by atoms with Gasteiger partial charge in [-0.25, -0.2) is 9.59 Å². The second-order valence-corrected chi connectivity index (χ2v) is 9.75. The van der Waals surface area contributed by atoms with Crippen LogP contribution in [0.25, 0.3) is 0 Å². The summed E-state index contributed by atoms with van der Waals surface area (Å²) < 4.78 is 5.33. The number of urea groups is 1. The second kappa shape index (κ2) is 10.6. The van der Waals surface area contributed by atoms with E-state index in [-0.39, 0.29) is 12.6 Å². The van der Waals surface area contributed by atoms with E-state index in [9.17, 15) is 14.7 Å². The van der Waals surface area contributed by atoms with Crippen LogP contribution in [0.2, 0.25) is 10.0 Å². The molecule has 178 valence electrons. The third-order valence-electron chi connectivity index (χ3n) is 5.02. The van der Waals surface area contributed by atoms with Gasteiger partial charge in [0.2, 0.25) is 0 Å². The Bertz CT molecular complexity index is 1030. The maximum absolute atomic E-state index is 12.3. The number of hydrogen-bond donors (Lipinski definition) is 4. The number of carbonyl (C=O) groups excluding carboxylic acids is 2. The number of rotatable bonds is 5. The lowest BCUT2D eigenvalue weighted by molar-refractivity contribution is 0.0500. The maximum atomic E-state index is 12.3. The van der Waals surface area contributed by atoms with Gasteiger partial charge in [0.05, 0.1) is 28.0 Å². The summed E-state index contributed by atoms with van der Waals surface area (Å²) in [6, 6.07) is 6.10. The Morgan fingerprint density at radius 3 is 2.70 bits per heavy atom. The standard InChI is InChI=1S/C23H28Cl2N4O4/c1-23(2,3)33-22(32)29-15-5-7-19-14(8-15)9-16(11-26-19)28-21(31)27-12-20(30)13-4-6-17(24)18(25)10-13/h4,6,9-11,15,20,30H,5,7-8,12H2,1-3H3,(H,29,32)(H2,27,28,31). The van der Waals surface area contributed by atoms with Crippen molar-refractivity contribution in [1.29, 1.82) is 0 Å². The van der Waals surface area contributed by atoms with Crippen molar-refractivity contribution in [1.82, 2.24) is 15.6 Å². The van der Waals surface area contributed by atoms with Crippen molar-refractivity contribution in [2.75, 3.05) is 11.9 Å². The number of alkyl carbamates (subject to hydrolysis) is 1. The molecule has 1 aromatic heterocycles.